The van der Waals surface area contributed by atoms with Gasteiger partial charge in [-0.3, -0.25) is 14.5 Å². The molecule has 0 bridgehead atoms. The molecule has 1 aliphatic heterocycles. The van der Waals surface area contributed by atoms with Crippen LogP contribution in [0.15, 0.2) is 42.5 Å². The van der Waals surface area contributed by atoms with Gasteiger partial charge in [0.05, 0.1) is 11.8 Å². The second-order valence-electron chi connectivity index (χ2n) is 5.20. The highest BCUT2D eigenvalue weighted by Crippen LogP contribution is 2.34. The summed E-state index contributed by atoms with van der Waals surface area (Å²) in [5.41, 5.74) is 1.16. The summed E-state index contributed by atoms with van der Waals surface area (Å²) in [6.07, 6.45) is 6.39. The van der Waals surface area contributed by atoms with Crippen LogP contribution in [0.4, 0.5) is 0 Å². The molecule has 3 nitrogen and oxygen atoms in total. The van der Waals surface area contributed by atoms with Crippen LogP contribution in [0.1, 0.15) is 18.4 Å². The number of fused-ring (bicyclic) bond motifs is 1. The van der Waals surface area contributed by atoms with Crippen molar-refractivity contribution < 1.29 is 9.59 Å². The van der Waals surface area contributed by atoms with Gasteiger partial charge in [0.1, 0.15) is 0 Å². The lowest BCUT2D eigenvalue weighted by Crippen LogP contribution is -2.33. The SMILES string of the molecule is O=C1[C@H]2C=CCC[C@H]2C(=O)N1CCc1ccccc1. The average Bonchev–Trinajstić information content (AvgIpc) is 2.71. The van der Waals surface area contributed by atoms with E-state index in [1.165, 1.54) is 4.90 Å². The van der Waals surface area contributed by atoms with Crippen molar-refractivity contribution in [3.8, 4) is 0 Å². The highest BCUT2D eigenvalue weighted by molar-refractivity contribution is 6.06. The van der Waals surface area contributed by atoms with Gasteiger partial charge in [-0.15, -0.1) is 0 Å². The topological polar surface area (TPSA) is 37.4 Å². The van der Waals surface area contributed by atoms with Crippen LogP contribution < -0.4 is 0 Å². The van der Waals surface area contributed by atoms with Crippen molar-refractivity contribution in [1.82, 2.24) is 4.90 Å². The van der Waals surface area contributed by atoms with E-state index in [0.717, 1.165) is 24.8 Å². The fourth-order valence-corrected chi connectivity index (χ4v) is 2.96. The molecule has 2 atom stereocenters. The molecule has 0 spiro atoms. The fraction of sp³-hybridized carbons (Fsp3) is 0.375. The molecule has 1 saturated heterocycles. The van der Waals surface area contributed by atoms with E-state index in [1.807, 2.05) is 42.5 Å². The largest absolute Gasteiger partial charge is 0.281 e. The first-order chi connectivity index (χ1) is 9.27. The predicted molar refractivity (Wildman–Crippen MR) is 72.2 cm³/mol. The summed E-state index contributed by atoms with van der Waals surface area (Å²) < 4.78 is 0. The van der Waals surface area contributed by atoms with Crippen molar-refractivity contribution in [3.63, 3.8) is 0 Å². The quantitative estimate of drug-likeness (QED) is 0.613. The first-order valence-corrected chi connectivity index (χ1v) is 6.83. The summed E-state index contributed by atoms with van der Waals surface area (Å²) >= 11 is 0. The molecule has 98 valence electrons. The molecule has 1 aromatic rings. The second-order valence-corrected chi connectivity index (χ2v) is 5.20. The fourth-order valence-electron chi connectivity index (χ4n) is 2.96. The van der Waals surface area contributed by atoms with Crippen molar-refractivity contribution in [2.45, 2.75) is 19.3 Å². The van der Waals surface area contributed by atoms with Gasteiger partial charge in [0.15, 0.2) is 0 Å². The molecule has 1 aliphatic carbocycles. The van der Waals surface area contributed by atoms with E-state index in [2.05, 4.69) is 0 Å². The Morgan fingerprint density at radius 3 is 2.63 bits per heavy atom. The zero-order valence-electron chi connectivity index (χ0n) is 10.8. The molecule has 2 amide bonds. The number of nitrogens with zero attached hydrogens (tertiary/aromatic N) is 1. The first kappa shape index (κ1) is 12.2. The molecule has 19 heavy (non-hydrogen) atoms. The Balaban J connectivity index is 1.70. The Kier molecular flexibility index (Phi) is 3.20. The Labute approximate surface area is 112 Å². The second kappa shape index (κ2) is 5.00. The van der Waals surface area contributed by atoms with E-state index >= 15 is 0 Å². The summed E-state index contributed by atoms with van der Waals surface area (Å²) in [5.74, 6) is -0.289. The molecule has 1 heterocycles. The van der Waals surface area contributed by atoms with Crippen LogP contribution in [0.3, 0.4) is 0 Å². The molecule has 1 fully saturated rings. The maximum atomic E-state index is 12.2. The van der Waals surface area contributed by atoms with E-state index < -0.39 is 0 Å². The van der Waals surface area contributed by atoms with Gasteiger partial charge in [0, 0.05) is 6.54 Å². The zero-order chi connectivity index (χ0) is 13.2. The molecule has 0 N–H and O–H groups in total. The van der Waals surface area contributed by atoms with Gasteiger partial charge in [-0.25, -0.2) is 0 Å². The number of rotatable bonds is 3. The van der Waals surface area contributed by atoms with Crippen molar-refractivity contribution >= 4 is 11.8 Å². The van der Waals surface area contributed by atoms with Crippen molar-refractivity contribution in [1.29, 1.82) is 0 Å². The minimum Gasteiger partial charge on any atom is -0.281 e. The Morgan fingerprint density at radius 1 is 1.11 bits per heavy atom. The molecular weight excluding hydrogens is 238 g/mol. The molecule has 0 saturated carbocycles. The monoisotopic (exact) mass is 255 g/mol. The lowest BCUT2D eigenvalue weighted by Gasteiger charge is -2.14. The van der Waals surface area contributed by atoms with E-state index in [-0.39, 0.29) is 23.7 Å². The molecule has 3 rings (SSSR count). The number of carbonyl (C=O) groups excluding carboxylic acids is 2. The van der Waals surface area contributed by atoms with Crippen LogP contribution in [0.2, 0.25) is 0 Å². The molecule has 3 heteroatoms. The first-order valence-electron chi connectivity index (χ1n) is 6.83. The van der Waals surface area contributed by atoms with Crippen LogP contribution in [-0.4, -0.2) is 23.3 Å². The highest BCUT2D eigenvalue weighted by Gasteiger charge is 2.46. The molecule has 0 radical (unpaired) electrons. The number of imide groups is 1. The van der Waals surface area contributed by atoms with Gasteiger partial charge in [-0.05, 0) is 24.8 Å². The molecule has 0 unspecified atom stereocenters. The summed E-state index contributed by atoms with van der Waals surface area (Å²) in [7, 11) is 0. The van der Waals surface area contributed by atoms with Gasteiger partial charge >= 0.3 is 0 Å². The van der Waals surface area contributed by atoms with Crippen LogP contribution >= 0.6 is 0 Å². The van der Waals surface area contributed by atoms with Crippen LogP contribution in [-0.2, 0) is 16.0 Å². The van der Waals surface area contributed by atoms with Crippen molar-refractivity contribution in [3.05, 3.63) is 48.0 Å². The van der Waals surface area contributed by atoms with Gasteiger partial charge in [-0.1, -0.05) is 42.5 Å². The summed E-state index contributed by atoms with van der Waals surface area (Å²) in [6.45, 7) is 0.503. The van der Waals surface area contributed by atoms with Gasteiger partial charge in [0.2, 0.25) is 11.8 Å². The van der Waals surface area contributed by atoms with Gasteiger partial charge < -0.3 is 0 Å². The van der Waals surface area contributed by atoms with Crippen molar-refractivity contribution in [2.24, 2.45) is 11.8 Å². The van der Waals surface area contributed by atoms with Crippen molar-refractivity contribution in [2.75, 3.05) is 6.54 Å². The molecular formula is C16H17NO2. The van der Waals surface area contributed by atoms with Crippen LogP contribution in [0.25, 0.3) is 0 Å². The Bertz CT molecular complexity index is 521. The number of benzene rings is 1. The lowest BCUT2D eigenvalue weighted by atomic mass is 9.86. The maximum absolute atomic E-state index is 12.2. The average molecular weight is 255 g/mol. The summed E-state index contributed by atoms with van der Waals surface area (Å²) in [5, 5.41) is 0. The minimum atomic E-state index is -0.197. The lowest BCUT2D eigenvalue weighted by molar-refractivity contribution is -0.139. The third-order valence-electron chi connectivity index (χ3n) is 4.02. The highest BCUT2D eigenvalue weighted by atomic mass is 16.2. The van der Waals surface area contributed by atoms with E-state index in [1.54, 1.807) is 0 Å². The smallest absolute Gasteiger partial charge is 0.236 e. The van der Waals surface area contributed by atoms with E-state index in [4.69, 9.17) is 0 Å². The standard InChI is InChI=1S/C16H17NO2/c18-15-13-8-4-5-9-14(13)16(19)17(15)11-10-12-6-2-1-3-7-12/h1-4,6-8,13-14H,5,9-11H2/t13-,14+/m0/s1. The zero-order valence-corrected chi connectivity index (χ0v) is 10.8. The number of hydrogen-bond donors (Lipinski definition) is 0. The number of hydrogen-bond acceptors (Lipinski definition) is 2. The number of carbonyl (C=O) groups is 2. The minimum absolute atomic E-state index is 0.0121. The number of allylic oxidation sites excluding steroid dienone is 1. The molecule has 0 aromatic heterocycles. The maximum Gasteiger partial charge on any atom is 0.236 e. The van der Waals surface area contributed by atoms with Crippen LogP contribution in [0, 0.1) is 11.8 Å². The summed E-state index contributed by atoms with van der Waals surface area (Å²) in [4.78, 5) is 25.9. The van der Waals surface area contributed by atoms with Gasteiger partial charge in [-0.2, -0.15) is 0 Å². The van der Waals surface area contributed by atoms with Crippen LogP contribution in [0.5, 0.6) is 0 Å². The normalized spacial score (nSPS) is 25.8. The number of amides is 2. The Hall–Kier alpha value is -1.90. The Morgan fingerprint density at radius 2 is 1.89 bits per heavy atom. The predicted octanol–water partition coefficient (Wildman–Crippen LogP) is 2.18. The van der Waals surface area contributed by atoms with E-state index in [0.29, 0.717) is 6.54 Å². The van der Waals surface area contributed by atoms with Gasteiger partial charge in [0.25, 0.3) is 0 Å². The molecule has 1 aromatic carbocycles. The molecule has 2 aliphatic rings. The summed E-state index contributed by atoms with van der Waals surface area (Å²) in [6, 6.07) is 9.97. The van der Waals surface area contributed by atoms with E-state index in [9.17, 15) is 9.59 Å². The number of likely N-dealkylation sites (tertiary alicyclic amines) is 1. The third-order valence-corrected chi connectivity index (χ3v) is 4.02. The third kappa shape index (κ3) is 2.21.